The van der Waals surface area contributed by atoms with Crippen LogP contribution in [0, 0.1) is 11.3 Å². The van der Waals surface area contributed by atoms with E-state index in [1.54, 1.807) is 30.3 Å². The molecule has 27 heavy (non-hydrogen) atoms. The van der Waals surface area contributed by atoms with Crippen LogP contribution >= 0.6 is 0 Å². The molecule has 2 amide bonds. The van der Waals surface area contributed by atoms with Gasteiger partial charge in [0.15, 0.2) is 0 Å². The molecule has 0 aliphatic heterocycles. The van der Waals surface area contributed by atoms with E-state index in [0.717, 1.165) is 10.6 Å². The molecule has 0 radical (unpaired) electrons. The van der Waals surface area contributed by atoms with Gasteiger partial charge in [-0.2, -0.15) is 5.26 Å². The number of hydrogen-bond acceptors (Lipinski definition) is 5. The zero-order valence-corrected chi connectivity index (χ0v) is 15.6. The topological polar surface area (TPSA) is 119 Å². The number of amides is 2. The van der Waals surface area contributed by atoms with Crippen molar-refractivity contribution in [3.8, 4) is 6.07 Å². The Kier molecular flexibility index (Phi) is 6.15. The van der Waals surface area contributed by atoms with E-state index in [2.05, 4.69) is 10.6 Å². The second-order valence-corrected chi connectivity index (χ2v) is 7.65. The molecule has 0 spiro atoms. The lowest BCUT2D eigenvalue weighted by Crippen LogP contribution is -2.37. The summed E-state index contributed by atoms with van der Waals surface area (Å²) in [4.78, 5) is 23.5. The fourth-order valence-corrected chi connectivity index (χ4v) is 3.19. The molecular formula is C18H18N4O4S. The third-order valence-corrected chi connectivity index (χ3v) is 4.56. The standard InChI is InChI=1S/C18H18N4O4S/c1-13(23)20-15-6-4-7-16(10-15)21-18(24)12-22(27(2,25)26)17-8-3-5-14(9-17)11-19/h3-10H,12H2,1-2H3,(H,20,23)(H,21,24). The minimum atomic E-state index is -3.75. The highest BCUT2D eigenvalue weighted by Crippen LogP contribution is 2.20. The minimum absolute atomic E-state index is 0.221. The number of sulfonamides is 1. The van der Waals surface area contributed by atoms with Crippen LogP contribution in [0.25, 0.3) is 0 Å². The molecule has 0 saturated carbocycles. The molecule has 0 bridgehead atoms. The van der Waals surface area contributed by atoms with Gasteiger partial charge in [-0.05, 0) is 36.4 Å². The number of hydrogen-bond donors (Lipinski definition) is 2. The Balaban J connectivity index is 2.20. The molecule has 2 aromatic rings. The van der Waals surface area contributed by atoms with Gasteiger partial charge in [0.2, 0.25) is 21.8 Å². The quantitative estimate of drug-likeness (QED) is 0.786. The average Bonchev–Trinajstić information content (AvgIpc) is 2.58. The summed E-state index contributed by atoms with van der Waals surface area (Å²) in [5.41, 5.74) is 1.41. The number of benzene rings is 2. The third kappa shape index (κ3) is 5.83. The maximum atomic E-state index is 12.4. The van der Waals surface area contributed by atoms with E-state index in [9.17, 15) is 18.0 Å². The number of carbonyl (C=O) groups excluding carboxylic acids is 2. The summed E-state index contributed by atoms with van der Waals surface area (Å²) >= 11 is 0. The fraction of sp³-hybridized carbons (Fsp3) is 0.167. The molecule has 0 aliphatic carbocycles. The van der Waals surface area contributed by atoms with Crippen molar-refractivity contribution in [1.29, 1.82) is 5.26 Å². The van der Waals surface area contributed by atoms with Crippen molar-refractivity contribution in [2.75, 3.05) is 27.7 Å². The molecule has 0 heterocycles. The molecule has 9 heteroatoms. The van der Waals surface area contributed by atoms with Crippen molar-refractivity contribution in [1.82, 2.24) is 0 Å². The predicted octanol–water partition coefficient (Wildman–Crippen LogP) is 1.92. The molecule has 0 atom stereocenters. The highest BCUT2D eigenvalue weighted by atomic mass is 32.2. The minimum Gasteiger partial charge on any atom is -0.326 e. The number of nitrogens with one attached hydrogen (secondary N) is 2. The lowest BCUT2D eigenvalue weighted by Gasteiger charge is -2.22. The Morgan fingerprint density at radius 3 is 2.30 bits per heavy atom. The van der Waals surface area contributed by atoms with Crippen LogP contribution in [0.2, 0.25) is 0 Å². The van der Waals surface area contributed by atoms with Gasteiger partial charge in [-0.15, -0.1) is 0 Å². The predicted molar refractivity (Wildman–Crippen MR) is 103 cm³/mol. The molecule has 0 saturated heterocycles. The van der Waals surface area contributed by atoms with Crippen molar-refractivity contribution < 1.29 is 18.0 Å². The Morgan fingerprint density at radius 1 is 1.07 bits per heavy atom. The summed E-state index contributed by atoms with van der Waals surface area (Å²) in [6.45, 7) is 0.905. The van der Waals surface area contributed by atoms with E-state index >= 15 is 0 Å². The van der Waals surface area contributed by atoms with Gasteiger partial charge in [-0.1, -0.05) is 12.1 Å². The number of nitrogens with zero attached hydrogens (tertiary/aromatic N) is 2. The SMILES string of the molecule is CC(=O)Nc1cccc(NC(=O)CN(c2cccc(C#N)c2)S(C)(=O)=O)c1. The summed E-state index contributed by atoms with van der Waals surface area (Å²) in [5, 5.41) is 14.2. The molecular weight excluding hydrogens is 368 g/mol. The molecule has 2 rings (SSSR count). The monoisotopic (exact) mass is 386 g/mol. The van der Waals surface area contributed by atoms with Crippen molar-refractivity contribution in [2.45, 2.75) is 6.92 Å². The lowest BCUT2D eigenvalue weighted by molar-refractivity contribution is -0.115. The largest absolute Gasteiger partial charge is 0.326 e. The van der Waals surface area contributed by atoms with Gasteiger partial charge < -0.3 is 10.6 Å². The second-order valence-electron chi connectivity index (χ2n) is 5.74. The molecule has 140 valence electrons. The van der Waals surface area contributed by atoms with Crippen LogP contribution in [-0.2, 0) is 19.6 Å². The van der Waals surface area contributed by atoms with E-state index < -0.39 is 22.5 Å². The van der Waals surface area contributed by atoms with Crippen LogP contribution in [0.1, 0.15) is 12.5 Å². The van der Waals surface area contributed by atoms with E-state index in [1.165, 1.54) is 25.1 Å². The first-order chi connectivity index (χ1) is 12.7. The van der Waals surface area contributed by atoms with Gasteiger partial charge in [-0.3, -0.25) is 13.9 Å². The summed E-state index contributed by atoms with van der Waals surface area (Å²) in [5.74, 6) is -0.818. The van der Waals surface area contributed by atoms with Crippen molar-refractivity contribution in [3.63, 3.8) is 0 Å². The van der Waals surface area contributed by atoms with E-state index in [1.807, 2.05) is 6.07 Å². The van der Waals surface area contributed by atoms with Gasteiger partial charge in [-0.25, -0.2) is 8.42 Å². The van der Waals surface area contributed by atoms with Crippen LogP contribution in [0.15, 0.2) is 48.5 Å². The first kappa shape index (κ1) is 19.9. The molecule has 8 nitrogen and oxygen atoms in total. The van der Waals surface area contributed by atoms with Gasteiger partial charge in [0.1, 0.15) is 6.54 Å². The van der Waals surface area contributed by atoms with Crippen LogP contribution in [-0.4, -0.2) is 33.0 Å². The lowest BCUT2D eigenvalue weighted by atomic mass is 10.2. The van der Waals surface area contributed by atoms with E-state index in [0.29, 0.717) is 11.4 Å². The van der Waals surface area contributed by atoms with Crippen LogP contribution in [0.3, 0.4) is 0 Å². The summed E-state index contributed by atoms with van der Waals surface area (Å²) in [6.07, 6.45) is 0.983. The highest BCUT2D eigenvalue weighted by molar-refractivity contribution is 7.92. The maximum Gasteiger partial charge on any atom is 0.245 e. The van der Waals surface area contributed by atoms with E-state index in [4.69, 9.17) is 5.26 Å². The molecule has 0 aliphatic rings. The van der Waals surface area contributed by atoms with Crippen LogP contribution < -0.4 is 14.9 Å². The van der Waals surface area contributed by atoms with Crippen LogP contribution in [0.4, 0.5) is 17.1 Å². The Labute approximate surface area is 157 Å². The summed E-state index contributed by atoms with van der Waals surface area (Å²) < 4.78 is 25.1. The maximum absolute atomic E-state index is 12.4. The number of nitriles is 1. The van der Waals surface area contributed by atoms with Crippen molar-refractivity contribution >= 4 is 38.9 Å². The number of rotatable bonds is 6. The van der Waals surface area contributed by atoms with Gasteiger partial charge in [0.25, 0.3) is 0 Å². The molecule has 0 aromatic heterocycles. The van der Waals surface area contributed by atoms with Crippen molar-refractivity contribution in [2.24, 2.45) is 0 Å². The normalized spacial score (nSPS) is 10.6. The fourth-order valence-electron chi connectivity index (χ4n) is 2.34. The molecule has 0 fully saturated rings. The first-order valence-corrected chi connectivity index (χ1v) is 9.69. The van der Waals surface area contributed by atoms with Gasteiger partial charge >= 0.3 is 0 Å². The average molecular weight is 386 g/mol. The third-order valence-electron chi connectivity index (χ3n) is 3.42. The second kappa shape index (κ2) is 8.33. The Hall–Kier alpha value is -3.38. The van der Waals surface area contributed by atoms with Crippen molar-refractivity contribution in [3.05, 3.63) is 54.1 Å². The zero-order valence-electron chi connectivity index (χ0n) is 14.8. The van der Waals surface area contributed by atoms with Crippen LogP contribution in [0.5, 0.6) is 0 Å². The number of carbonyl (C=O) groups is 2. The van der Waals surface area contributed by atoms with E-state index in [-0.39, 0.29) is 17.2 Å². The smallest absolute Gasteiger partial charge is 0.245 e. The highest BCUT2D eigenvalue weighted by Gasteiger charge is 2.21. The summed E-state index contributed by atoms with van der Waals surface area (Å²) in [7, 11) is -3.75. The van der Waals surface area contributed by atoms with Gasteiger partial charge in [0.05, 0.1) is 23.6 Å². The van der Waals surface area contributed by atoms with Gasteiger partial charge in [0, 0.05) is 18.3 Å². The summed E-state index contributed by atoms with van der Waals surface area (Å²) in [6, 6.07) is 14.4. The molecule has 2 aromatic carbocycles. The number of anilines is 3. The molecule has 2 N–H and O–H groups in total. The Morgan fingerprint density at radius 2 is 1.70 bits per heavy atom. The first-order valence-electron chi connectivity index (χ1n) is 7.84. The molecule has 0 unspecified atom stereocenters. The Bertz CT molecular complexity index is 1010. The zero-order chi connectivity index (χ0) is 20.0.